The van der Waals surface area contributed by atoms with Crippen LogP contribution in [0.3, 0.4) is 0 Å². The number of methoxy groups -OCH3 is 1. The van der Waals surface area contributed by atoms with Gasteiger partial charge in [-0.3, -0.25) is 4.79 Å². The first kappa shape index (κ1) is 13.6. The Kier molecular flexibility index (Phi) is 4.85. The third kappa shape index (κ3) is 3.51. The van der Waals surface area contributed by atoms with Crippen LogP contribution in [0.4, 0.5) is 0 Å². The largest absolute Gasteiger partial charge is 0.383 e. The summed E-state index contributed by atoms with van der Waals surface area (Å²) in [6.45, 7) is 2.87. The molecule has 1 unspecified atom stereocenters. The maximum absolute atomic E-state index is 11.8. The second kappa shape index (κ2) is 5.72. The topological polar surface area (TPSA) is 75.7 Å². The number of ketones is 1. The molecule has 0 bridgehead atoms. The number of piperidine rings is 1. The molecule has 0 amide bonds. The van der Waals surface area contributed by atoms with E-state index in [0.717, 1.165) is 0 Å². The normalized spacial score (nSPS) is 23.6. The van der Waals surface area contributed by atoms with Crippen molar-refractivity contribution in [2.75, 3.05) is 33.4 Å². The minimum Gasteiger partial charge on any atom is -0.383 e. The standard InChI is InChI=1S/C9H18N2O4S/c1-8-7-11(5-3-9(8)12)16(13,14)10-4-6-15-2/h8,10H,3-7H2,1-2H3. The van der Waals surface area contributed by atoms with Crippen molar-refractivity contribution in [3.05, 3.63) is 0 Å². The fourth-order valence-electron chi connectivity index (χ4n) is 1.56. The van der Waals surface area contributed by atoms with Crippen molar-refractivity contribution in [1.82, 2.24) is 9.03 Å². The van der Waals surface area contributed by atoms with Gasteiger partial charge in [-0.1, -0.05) is 6.92 Å². The molecular weight excluding hydrogens is 232 g/mol. The average Bonchev–Trinajstić information content (AvgIpc) is 2.22. The molecule has 0 aromatic carbocycles. The Hall–Kier alpha value is -0.500. The number of ether oxygens (including phenoxy) is 1. The number of hydrogen-bond donors (Lipinski definition) is 1. The van der Waals surface area contributed by atoms with E-state index in [4.69, 9.17) is 4.74 Å². The van der Waals surface area contributed by atoms with Gasteiger partial charge < -0.3 is 4.74 Å². The van der Waals surface area contributed by atoms with Crippen molar-refractivity contribution < 1.29 is 17.9 Å². The van der Waals surface area contributed by atoms with Crippen molar-refractivity contribution in [3.63, 3.8) is 0 Å². The van der Waals surface area contributed by atoms with Crippen LogP contribution in [0.15, 0.2) is 0 Å². The molecule has 0 radical (unpaired) electrons. The molecule has 16 heavy (non-hydrogen) atoms. The van der Waals surface area contributed by atoms with E-state index < -0.39 is 10.2 Å². The van der Waals surface area contributed by atoms with Gasteiger partial charge in [-0.05, 0) is 0 Å². The van der Waals surface area contributed by atoms with Gasteiger partial charge in [0.25, 0.3) is 10.2 Å². The molecule has 1 aliphatic rings. The van der Waals surface area contributed by atoms with Gasteiger partial charge in [0.2, 0.25) is 0 Å². The van der Waals surface area contributed by atoms with Gasteiger partial charge in [0.1, 0.15) is 5.78 Å². The molecule has 0 aromatic rings. The van der Waals surface area contributed by atoms with Gasteiger partial charge in [-0.15, -0.1) is 0 Å². The molecule has 1 atom stereocenters. The summed E-state index contributed by atoms with van der Waals surface area (Å²) in [5.41, 5.74) is 0. The maximum atomic E-state index is 11.8. The number of rotatable bonds is 5. The molecule has 6 nitrogen and oxygen atoms in total. The average molecular weight is 250 g/mol. The quantitative estimate of drug-likeness (QED) is 0.660. The Bertz CT molecular complexity index is 341. The van der Waals surface area contributed by atoms with Crippen LogP contribution in [0.5, 0.6) is 0 Å². The predicted molar refractivity (Wildman–Crippen MR) is 59.2 cm³/mol. The van der Waals surface area contributed by atoms with E-state index in [1.54, 1.807) is 6.92 Å². The third-order valence-electron chi connectivity index (χ3n) is 2.57. The summed E-state index contributed by atoms with van der Waals surface area (Å²) >= 11 is 0. The van der Waals surface area contributed by atoms with Crippen LogP contribution in [-0.4, -0.2) is 51.9 Å². The molecule has 1 N–H and O–H groups in total. The summed E-state index contributed by atoms with van der Waals surface area (Å²) in [5, 5.41) is 0. The smallest absolute Gasteiger partial charge is 0.279 e. The Morgan fingerprint density at radius 3 is 2.81 bits per heavy atom. The second-order valence-electron chi connectivity index (χ2n) is 3.87. The molecule has 1 rings (SSSR count). The zero-order valence-electron chi connectivity index (χ0n) is 9.60. The van der Waals surface area contributed by atoms with Gasteiger partial charge >= 0.3 is 0 Å². The lowest BCUT2D eigenvalue weighted by molar-refractivity contribution is -0.124. The lowest BCUT2D eigenvalue weighted by Crippen LogP contribution is -2.48. The van der Waals surface area contributed by atoms with Crippen LogP contribution in [0, 0.1) is 5.92 Å². The van der Waals surface area contributed by atoms with Crippen LogP contribution in [0.1, 0.15) is 13.3 Å². The third-order valence-corrected chi connectivity index (χ3v) is 4.15. The monoisotopic (exact) mass is 250 g/mol. The number of Topliss-reactive ketones (excluding diaryl/α,β-unsaturated/α-hetero) is 1. The zero-order valence-corrected chi connectivity index (χ0v) is 10.4. The molecule has 1 saturated heterocycles. The predicted octanol–water partition coefficient (Wildman–Crippen LogP) is -0.622. The van der Waals surface area contributed by atoms with Crippen molar-refractivity contribution in [2.45, 2.75) is 13.3 Å². The van der Waals surface area contributed by atoms with E-state index in [-0.39, 0.29) is 31.3 Å². The summed E-state index contributed by atoms with van der Waals surface area (Å²) in [4.78, 5) is 11.3. The van der Waals surface area contributed by atoms with E-state index in [0.29, 0.717) is 13.0 Å². The van der Waals surface area contributed by atoms with E-state index in [9.17, 15) is 13.2 Å². The molecule has 0 spiro atoms. The minimum atomic E-state index is -3.46. The van der Waals surface area contributed by atoms with Crippen molar-refractivity contribution in [3.8, 4) is 0 Å². The lowest BCUT2D eigenvalue weighted by Gasteiger charge is -2.29. The molecule has 0 aromatic heterocycles. The van der Waals surface area contributed by atoms with Crippen molar-refractivity contribution in [1.29, 1.82) is 0 Å². The molecule has 0 saturated carbocycles. The first-order chi connectivity index (χ1) is 7.47. The van der Waals surface area contributed by atoms with E-state index in [1.165, 1.54) is 11.4 Å². The highest BCUT2D eigenvalue weighted by atomic mass is 32.2. The van der Waals surface area contributed by atoms with Crippen LogP contribution >= 0.6 is 0 Å². The summed E-state index contributed by atoms with van der Waals surface area (Å²) in [6, 6.07) is 0. The van der Waals surface area contributed by atoms with Crippen molar-refractivity contribution in [2.24, 2.45) is 5.92 Å². The summed E-state index contributed by atoms with van der Waals surface area (Å²) in [6.07, 6.45) is 0.298. The first-order valence-corrected chi connectivity index (χ1v) is 6.67. The molecule has 1 fully saturated rings. The minimum absolute atomic E-state index is 0.128. The van der Waals surface area contributed by atoms with Crippen LogP contribution in [-0.2, 0) is 19.7 Å². The van der Waals surface area contributed by atoms with Gasteiger partial charge in [-0.2, -0.15) is 17.4 Å². The second-order valence-corrected chi connectivity index (χ2v) is 5.62. The highest BCUT2D eigenvalue weighted by Gasteiger charge is 2.30. The molecule has 1 heterocycles. The highest BCUT2D eigenvalue weighted by Crippen LogP contribution is 2.14. The molecule has 94 valence electrons. The van der Waals surface area contributed by atoms with Crippen LogP contribution < -0.4 is 4.72 Å². The molecular formula is C9H18N2O4S. The Balaban J connectivity index is 2.53. The van der Waals surface area contributed by atoms with E-state index in [2.05, 4.69) is 4.72 Å². The van der Waals surface area contributed by atoms with E-state index >= 15 is 0 Å². The summed E-state index contributed by atoms with van der Waals surface area (Å²) in [5.74, 6) is -0.0870. The number of hydrogen-bond acceptors (Lipinski definition) is 4. The number of nitrogens with zero attached hydrogens (tertiary/aromatic N) is 1. The lowest BCUT2D eigenvalue weighted by atomic mass is 10.0. The summed E-state index contributed by atoms with van der Waals surface area (Å²) in [7, 11) is -1.95. The number of carbonyl (C=O) groups is 1. The molecule has 0 aliphatic carbocycles. The van der Waals surface area contributed by atoms with Crippen LogP contribution in [0.2, 0.25) is 0 Å². The highest BCUT2D eigenvalue weighted by molar-refractivity contribution is 7.87. The Morgan fingerprint density at radius 2 is 2.25 bits per heavy atom. The van der Waals surface area contributed by atoms with Gasteiger partial charge in [0.15, 0.2) is 0 Å². The summed E-state index contributed by atoms with van der Waals surface area (Å²) < 4.78 is 32.0. The fraction of sp³-hybridized carbons (Fsp3) is 0.889. The Labute approximate surface area is 96.1 Å². The fourth-order valence-corrected chi connectivity index (χ4v) is 2.84. The van der Waals surface area contributed by atoms with Gasteiger partial charge in [0, 0.05) is 39.1 Å². The molecule has 7 heteroatoms. The Morgan fingerprint density at radius 1 is 1.56 bits per heavy atom. The van der Waals surface area contributed by atoms with Crippen LogP contribution in [0.25, 0.3) is 0 Å². The molecule has 1 aliphatic heterocycles. The van der Waals surface area contributed by atoms with Gasteiger partial charge in [-0.25, -0.2) is 0 Å². The maximum Gasteiger partial charge on any atom is 0.279 e. The SMILES string of the molecule is COCCNS(=O)(=O)N1CCC(=O)C(C)C1. The number of nitrogens with one attached hydrogen (secondary N) is 1. The first-order valence-electron chi connectivity index (χ1n) is 5.23. The van der Waals surface area contributed by atoms with E-state index in [1.807, 2.05) is 0 Å². The number of carbonyl (C=O) groups excluding carboxylic acids is 1. The van der Waals surface area contributed by atoms with Crippen molar-refractivity contribution >= 4 is 16.0 Å². The van der Waals surface area contributed by atoms with Gasteiger partial charge in [0.05, 0.1) is 6.61 Å². The zero-order chi connectivity index (χ0) is 12.2.